The van der Waals surface area contributed by atoms with Gasteiger partial charge < -0.3 is 29.6 Å². The molecule has 0 atom stereocenters. The third-order valence-corrected chi connectivity index (χ3v) is 6.62. The van der Waals surface area contributed by atoms with Crippen LogP contribution in [0.4, 0.5) is 11.4 Å². The first-order valence-corrected chi connectivity index (χ1v) is 13.3. The van der Waals surface area contributed by atoms with E-state index in [1.165, 1.54) is 7.11 Å². The van der Waals surface area contributed by atoms with Crippen molar-refractivity contribution in [2.45, 2.75) is 32.8 Å². The van der Waals surface area contributed by atoms with E-state index in [1.807, 2.05) is 57.2 Å². The van der Waals surface area contributed by atoms with Crippen LogP contribution in [0, 0.1) is 0 Å². The molecule has 1 aliphatic heterocycles. The van der Waals surface area contributed by atoms with E-state index in [-0.39, 0.29) is 12.3 Å². The minimum absolute atomic E-state index is 0.0114. The van der Waals surface area contributed by atoms with E-state index < -0.39 is 5.60 Å². The molecule has 0 saturated heterocycles. The SMILES string of the molecule is COc1ccc2c(Oc3cnc(CC(=O)Nc4ccc5c(c4)C(C)(C)O/C(=C\C(C)=S)N5)c(OC)c3)ccnc2c1. The molecule has 2 N–H and O–H groups in total. The van der Waals surface area contributed by atoms with Gasteiger partial charge in [-0.2, -0.15) is 0 Å². The van der Waals surface area contributed by atoms with Gasteiger partial charge in [0.15, 0.2) is 5.88 Å². The van der Waals surface area contributed by atoms with Crippen LogP contribution in [0.3, 0.4) is 0 Å². The fourth-order valence-electron chi connectivity index (χ4n) is 4.59. The number of thiocarbonyl (C=S) groups is 1. The van der Waals surface area contributed by atoms with Crippen molar-refractivity contribution in [3.05, 3.63) is 84.1 Å². The Hall–Kier alpha value is -4.70. The smallest absolute Gasteiger partial charge is 0.230 e. The van der Waals surface area contributed by atoms with Crippen molar-refractivity contribution in [2.75, 3.05) is 24.9 Å². The number of benzene rings is 2. The van der Waals surface area contributed by atoms with Crippen molar-refractivity contribution in [3.8, 4) is 23.0 Å². The van der Waals surface area contributed by atoms with Crippen LogP contribution in [0.25, 0.3) is 10.9 Å². The number of methoxy groups -OCH3 is 2. The van der Waals surface area contributed by atoms with Gasteiger partial charge in [0.05, 0.1) is 38.0 Å². The summed E-state index contributed by atoms with van der Waals surface area (Å²) in [5.41, 5.74) is 3.05. The van der Waals surface area contributed by atoms with Crippen LogP contribution in [0.2, 0.25) is 0 Å². The van der Waals surface area contributed by atoms with Crippen molar-refractivity contribution in [1.29, 1.82) is 0 Å². The van der Waals surface area contributed by atoms with Gasteiger partial charge in [-0.15, -0.1) is 0 Å². The predicted octanol–water partition coefficient (Wildman–Crippen LogP) is 6.53. The first-order chi connectivity index (χ1) is 19.6. The number of allylic oxidation sites excluding steroid dienone is 1. The maximum atomic E-state index is 13.0. The number of hydrogen-bond donors (Lipinski definition) is 2. The van der Waals surface area contributed by atoms with Gasteiger partial charge in [-0.05, 0) is 57.2 Å². The second kappa shape index (κ2) is 11.4. The average molecular weight is 571 g/mol. The minimum atomic E-state index is -0.620. The molecule has 41 heavy (non-hydrogen) atoms. The zero-order valence-electron chi connectivity index (χ0n) is 23.4. The lowest BCUT2D eigenvalue weighted by molar-refractivity contribution is -0.115. The summed E-state index contributed by atoms with van der Waals surface area (Å²) in [7, 11) is 3.14. The summed E-state index contributed by atoms with van der Waals surface area (Å²) in [5, 5.41) is 7.03. The van der Waals surface area contributed by atoms with E-state index in [0.29, 0.717) is 45.1 Å². The molecule has 10 heteroatoms. The van der Waals surface area contributed by atoms with Crippen molar-refractivity contribution in [1.82, 2.24) is 9.97 Å². The number of carbonyl (C=O) groups is 1. The third-order valence-electron chi connectivity index (χ3n) is 6.50. The lowest BCUT2D eigenvalue weighted by Crippen LogP contribution is -2.30. The van der Waals surface area contributed by atoms with Crippen molar-refractivity contribution in [2.24, 2.45) is 0 Å². The molecule has 1 amide bonds. The number of nitrogens with zero attached hydrogens (tertiary/aromatic N) is 2. The summed E-state index contributed by atoms with van der Waals surface area (Å²) in [5.74, 6) is 2.58. The van der Waals surface area contributed by atoms with Gasteiger partial charge in [0.2, 0.25) is 5.91 Å². The van der Waals surface area contributed by atoms with E-state index in [2.05, 4.69) is 20.6 Å². The highest BCUT2D eigenvalue weighted by Crippen LogP contribution is 2.40. The van der Waals surface area contributed by atoms with Crippen molar-refractivity contribution >= 4 is 45.3 Å². The summed E-state index contributed by atoms with van der Waals surface area (Å²) in [6.45, 7) is 5.77. The number of nitrogens with one attached hydrogen (secondary N) is 2. The fraction of sp³-hybridized carbons (Fsp3) is 0.226. The predicted molar refractivity (Wildman–Crippen MR) is 162 cm³/mol. The molecule has 0 unspecified atom stereocenters. The number of fused-ring (bicyclic) bond motifs is 2. The van der Waals surface area contributed by atoms with Gasteiger partial charge in [0.1, 0.15) is 28.6 Å². The van der Waals surface area contributed by atoms with E-state index in [0.717, 1.165) is 22.2 Å². The monoisotopic (exact) mass is 570 g/mol. The van der Waals surface area contributed by atoms with Crippen LogP contribution in [0.1, 0.15) is 32.0 Å². The topological polar surface area (TPSA) is 104 Å². The third kappa shape index (κ3) is 6.22. The number of anilines is 2. The summed E-state index contributed by atoms with van der Waals surface area (Å²) in [4.78, 5) is 22.6. The molecule has 0 aliphatic carbocycles. The zero-order valence-corrected chi connectivity index (χ0v) is 24.2. The first kappa shape index (κ1) is 27.9. The molecule has 2 aromatic carbocycles. The first-order valence-electron chi connectivity index (χ1n) is 12.9. The van der Waals surface area contributed by atoms with Gasteiger partial charge in [0.25, 0.3) is 0 Å². The van der Waals surface area contributed by atoms with E-state index >= 15 is 0 Å². The Morgan fingerprint density at radius 2 is 1.88 bits per heavy atom. The quantitative estimate of drug-likeness (QED) is 0.181. The number of hydrogen-bond acceptors (Lipinski definition) is 9. The van der Waals surface area contributed by atoms with Crippen LogP contribution >= 0.6 is 12.2 Å². The van der Waals surface area contributed by atoms with Gasteiger partial charge in [-0.1, -0.05) is 12.2 Å². The Kier molecular flexibility index (Phi) is 7.76. The largest absolute Gasteiger partial charge is 0.497 e. The van der Waals surface area contributed by atoms with Gasteiger partial charge >= 0.3 is 0 Å². The number of carbonyl (C=O) groups excluding carboxylic acids is 1. The zero-order chi connectivity index (χ0) is 29.1. The van der Waals surface area contributed by atoms with Gasteiger partial charge in [-0.25, -0.2) is 0 Å². The van der Waals surface area contributed by atoms with Crippen LogP contribution in [-0.4, -0.2) is 35.0 Å². The average Bonchev–Trinajstić information content (AvgIpc) is 2.93. The lowest BCUT2D eigenvalue weighted by atomic mass is 9.94. The Morgan fingerprint density at radius 1 is 1.05 bits per heavy atom. The highest BCUT2D eigenvalue weighted by atomic mass is 32.1. The number of amides is 1. The molecule has 1 aliphatic rings. The molecular formula is C31H30N4O5S. The molecule has 0 saturated carbocycles. The van der Waals surface area contributed by atoms with Crippen molar-refractivity contribution < 1.29 is 23.7 Å². The highest BCUT2D eigenvalue weighted by molar-refractivity contribution is 7.80. The molecule has 0 bridgehead atoms. The lowest BCUT2D eigenvalue weighted by Gasteiger charge is -2.36. The van der Waals surface area contributed by atoms with Crippen LogP contribution in [0.15, 0.2) is 72.9 Å². The molecule has 3 heterocycles. The van der Waals surface area contributed by atoms with Crippen LogP contribution < -0.4 is 24.8 Å². The van der Waals surface area contributed by atoms with Crippen LogP contribution in [0.5, 0.6) is 23.0 Å². The maximum Gasteiger partial charge on any atom is 0.230 e. The molecule has 5 rings (SSSR count). The molecular weight excluding hydrogens is 540 g/mol. The molecule has 9 nitrogen and oxygen atoms in total. The normalized spacial score (nSPS) is 14.4. The second-order valence-electron chi connectivity index (χ2n) is 9.96. The molecule has 2 aromatic heterocycles. The number of rotatable bonds is 8. The Labute approximate surface area is 243 Å². The number of aromatic nitrogens is 2. The molecule has 0 radical (unpaired) electrons. The summed E-state index contributed by atoms with van der Waals surface area (Å²) >= 11 is 5.18. The maximum absolute atomic E-state index is 13.0. The minimum Gasteiger partial charge on any atom is -0.497 e. The standard InChI is InChI=1S/C31H30N4O5S/c1-18(41)12-30-35-24-9-6-19(13-23(24)31(2,3)40-30)34-29(36)16-26-28(38-5)15-21(17-33-26)39-27-10-11-32-25-14-20(37-4)7-8-22(25)27/h6-15,17,35H,16H2,1-5H3,(H,34,36)/b30-12-. The number of ether oxygens (including phenoxy) is 4. The summed E-state index contributed by atoms with van der Waals surface area (Å²) < 4.78 is 23.0. The fourth-order valence-corrected chi connectivity index (χ4v) is 4.70. The van der Waals surface area contributed by atoms with Crippen molar-refractivity contribution in [3.63, 3.8) is 0 Å². The Morgan fingerprint density at radius 3 is 2.63 bits per heavy atom. The van der Waals surface area contributed by atoms with E-state index in [1.54, 1.807) is 37.7 Å². The van der Waals surface area contributed by atoms with Gasteiger partial charge in [0, 0.05) is 51.6 Å². The second-order valence-corrected chi connectivity index (χ2v) is 10.6. The number of pyridine rings is 2. The van der Waals surface area contributed by atoms with E-state index in [9.17, 15) is 4.79 Å². The molecule has 210 valence electrons. The highest BCUT2D eigenvalue weighted by Gasteiger charge is 2.32. The summed E-state index contributed by atoms with van der Waals surface area (Å²) in [6.07, 6.45) is 5.03. The molecule has 0 spiro atoms. The molecule has 0 fully saturated rings. The molecule has 4 aromatic rings. The summed E-state index contributed by atoms with van der Waals surface area (Å²) in [6, 6.07) is 14.7. The van der Waals surface area contributed by atoms with Crippen LogP contribution in [-0.2, 0) is 21.6 Å². The Balaban J connectivity index is 1.30. The van der Waals surface area contributed by atoms with Gasteiger partial charge in [-0.3, -0.25) is 14.8 Å². The Bertz CT molecular complexity index is 1680. The van der Waals surface area contributed by atoms with E-state index in [4.69, 9.17) is 31.2 Å².